The van der Waals surface area contributed by atoms with Crippen LogP contribution in [0, 0.1) is 12.3 Å². The first-order valence-corrected chi connectivity index (χ1v) is 5.10. The van der Waals surface area contributed by atoms with E-state index in [0.717, 1.165) is 16.6 Å². The van der Waals surface area contributed by atoms with E-state index in [1.165, 1.54) is 6.08 Å². The molecular formula is C14H13NO. The van der Waals surface area contributed by atoms with Gasteiger partial charge in [-0.2, -0.15) is 0 Å². The van der Waals surface area contributed by atoms with Crippen molar-refractivity contribution < 1.29 is 5.11 Å². The third-order valence-electron chi connectivity index (χ3n) is 2.62. The normalized spacial score (nSPS) is 12.2. The fraction of sp³-hybridized carbons (Fsp3) is 0.143. The number of fused-ring (bicyclic) bond motifs is 1. The summed E-state index contributed by atoms with van der Waals surface area (Å²) < 4.78 is 1.93. The van der Waals surface area contributed by atoms with Crippen LogP contribution in [0.4, 0.5) is 0 Å². The summed E-state index contributed by atoms with van der Waals surface area (Å²) in [6.45, 7) is 4.05. The standard InChI is InChI=1S/C14H13NO/c1-3-9-15-12-8-6-5-7-11(12)10-13(15)14(16)4-2/h1,4-8,10,14,16H,2,9H2. The number of aromatic nitrogens is 1. The molecular weight excluding hydrogens is 198 g/mol. The number of aliphatic hydroxyl groups excluding tert-OH is 1. The molecule has 0 spiro atoms. The largest absolute Gasteiger partial charge is 0.383 e. The third kappa shape index (κ3) is 1.62. The molecule has 1 unspecified atom stereocenters. The van der Waals surface area contributed by atoms with Crippen molar-refractivity contribution in [3.05, 3.63) is 48.7 Å². The van der Waals surface area contributed by atoms with Gasteiger partial charge in [0.1, 0.15) is 6.10 Å². The number of nitrogens with zero attached hydrogens (tertiary/aromatic N) is 1. The molecule has 0 amide bonds. The Bertz CT molecular complexity index is 560. The van der Waals surface area contributed by atoms with E-state index in [-0.39, 0.29) is 0 Å². The molecule has 80 valence electrons. The SMILES string of the molecule is C#CCn1c(C(O)C=C)cc2ccccc21. The Kier molecular flexibility index (Phi) is 2.80. The summed E-state index contributed by atoms with van der Waals surface area (Å²) in [5.74, 6) is 2.60. The van der Waals surface area contributed by atoms with Crippen molar-refractivity contribution in [2.24, 2.45) is 0 Å². The molecule has 1 aromatic carbocycles. The van der Waals surface area contributed by atoms with E-state index in [9.17, 15) is 5.11 Å². The van der Waals surface area contributed by atoms with Gasteiger partial charge >= 0.3 is 0 Å². The molecule has 0 bridgehead atoms. The summed E-state index contributed by atoms with van der Waals surface area (Å²) in [4.78, 5) is 0. The van der Waals surface area contributed by atoms with Crippen LogP contribution in [0.1, 0.15) is 11.8 Å². The zero-order valence-corrected chi connectivity index (χ0v) is 8.93. The minimum absolute atomic E-state index is 0.452. The van der Waals surface area contributed by atoms with E-state index in [1.807, 2.05) is 34.9 Å². The molecule has 1 N–H and O–H groups in total. The van der Waals surface area contributed by atoms with Gasteiger partial charge in [0, 0.05) is 5.52 Å². The van der Waals surface area contributed by atoms with E-state index in [0.29, 0.717) is 6.54 Å². The van der Waals surface area contributed by atoms with Gasteiger partial charge in [-0.1, -0.05) is 30.2 Å². The first kappa shape index (κ1) is 10.5. The van der Waals surface area contributed by atoms with E-state index in [1.54, 1.807) is 0 Å². The average Bonchev–Trinajstić information content (AvgIpc) is 2.68. The zero-order chi connectivity index (χ0) is 11.5. The molecule has 0 radical (unpaired) electrons. The second-order valence-corrected chi connectivity index (χ2v) is 3.60. The zero-order valence-electron chi connectivity index (χ0n) is 8.93. The molecule has 2 heteroatoms. The fourth-order valence-electron chi connectivity index (χ4n) is 1.87. The van der Waals surface area contributed by atoms with Gasteiger partial charge in [0.2, 0.25) is 0 Å². The molecule has 0 aliphatic carbocycles. The van der Waals surface area contributed by atoms with E-state index in [4.69, 9.17) is 6.42 Å². The minimum Gasteiger partial charge on any atom is -0.383 e. The Morgan fingerprint density at radius 2 is 2.25 bits per heavy atom. The summed E-state index contributed by atoms with van der Waals surface area (Å²) in [6, 6.07) is 9.86. The maximum atomic E-state index is 9.83. The highest BCUT2D eigenvalue weighted by molar-refractivity contribution is 5.81. The molecule has 2 rings (SSSR count). The molecule has 1 aromatic heterocycles. The van der Waals surface area contributed by atoms with Gasteiger partial charge in [-0.3, -0.25) is 0 Å². The van der Waals surface area contributed by atoms with Crippen LogP contribution in [0.25, 0.3) is 10.9 Å². The topological polar surface area (TPSA) is 25.2 Å². The number of hydrogen-bond acceptors (Lipinski definition) is 1. The number of hydrogen-bond donors (Lipinski definition) is 1. The molecule has 2 nitrogen and oxygen atoms in total. The smallest absolute Gasteiger partial charge is 0.112 e. The van der Waals surface area contributed by atoms with Gasteiger partial charge in [-0.25, -0.2) is 0 Å². The first-order chi connectivity index (χ1) is 7.77. The maximum Gasteiger partial charge on any atom is 0.112 e. The Morgan fingerprint density at radius 3 is 2.94 bits per heavy atom. The Labute approximate surface area is 94.8 Å². The quantitative estimate of drug-likeness (QED) is 0.612. The predicted octanol–water partition coefficient (Wildman–Crippen LogP) is 2.49. The fourth-order valence-corrected chi connectivity index (χ4v) is 1.87. The van der Waals surface area contributed by atoms with Gasteiger partial charge in [0.05, 0.1) is 12.2 Å². The van der Waals surface area contributed by atoms with Crippen molar-refractivity contribution in [2.75, 3.05) is 0 Å². The van der Waals surface area contributed by atoms with Crippen LogP contribution in [-0.2, 0) is 6.54 Å². The number of rotatable bonds is 3. The number of para-hydroxylation sites is 1. The highest BCUT2D eigenvalue weighted by atomic mass is 16.3. The lowest BCUT2D eigenvalue weighted by molar-refractivity contribution is 0.220. The van der Waals surface area contributed by atoms with Crippen molar-refractivity contribution in [2.45, 2.75) is 12.6 Å². The van der Waals surface area contributed by atoms with E-state index < -0.39 is 6.10 Å². The molecule has 0 saturated heterocycles. The Hall–Kier alpha value is -1.98. The van der Waals surface area contributed by atoms with Crippen LogP contribution >= 0.6 is 0 Å². The first-order valence-electron chi connectivity index (χ1n) is 5.10. The monoisotopic (exact) mass is 211 g/mol. The van der Waals surface area contributed by atoms with Crippen molar-refractivity contribution in [1.29, 1.82) is 0 Å². The highest BCUT2D eigenvalue weighted by Gasteiger charge is 2.12. The summed E-state index contributed by atoms with van der Waals surface area (Å²) in [7, 11) is 0. The van der Waals surface area contributed by atoms with E-state index in [2.05, 4.69) is 12.5 Å². The van der Waals surface area contributed by atoms with Crippen molar-refractivity contribution in [1.82, 2.24) is 4.57 Å². The summed E-state index contributed by atoms with van der Waals surface area (Å²) in [5, 5.41) is 10.9. The van der Waals surface area contributed by atoms with Crippen molar-refractivity contribution in [3.8, 4) is 12.3 Å². The number of benzene rings is 1. The third-order valence-corrected chi connectivity index (χ3v) is 2.62. The molecule has 2 aromatic rings. The second-order valence-electron chi connectivity index (χ2n) is 3.60. The van der Waals surface area contributed by atoms with Crippen LogP contribution in [0.15, 0.2) is 43.0 Å². The van der Waals surface area contributed by atoms with Crippen LogP contribution < -0.4 is 0 Å². The maximum absolute atomic E-state index is 9.83. The molecule has 0 saturated carbocycles. The van der Waals surface area contributed by atoms with Gasteiger partial charge in [0.15, 0.2) is 0 Å². The van der Waals surface area contributed by atoms with Gasteiger partial charge < -0.3 is 9.67 Å². The summed E-state index contributed by atoms with van der Waals surface area (Å²) >= 11 is 0. The Morgan fingerprint density at radius 1 is 1.50 bits per heavy atom. The lowest BCUT2D eigenvalue weighted by Gasteiger charge is -2.09. The molecule has 0 fully saturated rings. The summed E-state index contributed by atoms with van der Waals surface area (Å²) in [5.41, 5.74) is 1.82. The van der Waals surface area contributed by atoms with Crippen LogP contribution in [0.5, 0.6) is 0 Å². The van der Waals surface area contributed by atoms with Gasteiger partial charge in [-0.05, 0) is 17.5 Å². The minimum atomic E-state index is -0.680. The van der Waals surface area contributed by atoms with Gasteiger partial charge in [-0.15, -0.1) is 13.0 Å². The summed E-state index contributed by atoms with van der Waals surface area (Å²) in [6.07, 6.45) is 6.16. The molecule has 1 atom stereocenters. The average molecular weight is 211 g/mol. The van der Waals surface area contributed by atoms with Gasteiger partial charge in [0.25, 0.3) is 0 Å². The second kappa shape index (κ2) is 4.26. The molecule has 16 heavy (non-hydrogen) atoms. The predicted molar refractivity (Wildman–Crippen MR) is 65.9 cm³/mol. The van der Waals surface area contributed by atoms with Crippen LogP contribution in [0.2, 0.25) is 0 Å². The van der Waals surface area contributed by atoms with Crippen LogP contribution in [-0.4, -0.2) is 9.67 Å². The van der Waals surface area contributed by atoms with Crippen molar-refractivity contribution >= 4 is 10.9 Å². The lowest BCUT2D eigenvalue weighted by Crippen LogP contribution is -2.04. The molecule has 1 heterocycles. The van der Waals surface area contributed by atoms with Crippen LogP contribution in [0.3, 0.4) is 0 Å². The van der Waals surface area contributed by atoms with E-state index >= 15 is 0 Å². The van der Waals surface area contributed by atoms with Crippen molar-refractivity contribution in [3.63, 3.8) is 0 Å². The molecule has 0 aliphatic rings. The number of aliphatic hydroxyl groups is 1. The highest BCUT2D eigenvalue weighted by Crippen LogP contribution is 2.24. The molecule has 0 aliphatic heterocycles. The number of terminal acetylenes is 1. The Balaban J connectivity index is 2.68. The lowest BCUT2D eigenvalue weighted by atomic mass is 10.2.